The topological polar surface area (TPSA) is 41.1 Å². The summed E-state index contributed by atoms with van der Waals surface area (Å²) in [5.41, 5.74) is 0.264. The van der Waals surface area contributed by atoms with Gasteiger partial charge in [-0.15, -0.1) is 0 Å². The third-order valence-electron chi connectivity index (χ3n) is 3.38. The molecule has 3 nitrogen and oxygen atoms in total. The maximum absolute atomic E-state index is 13.5. The van der Waals surface area contributed by atoms with Gasteiger partial charge in [0.15, 0.2) is 0 Å². The van der Waals surface area contributed by atoms with E-state index in [1.165, 1.54) is 18.6 Å². The zero-order valence-corrected chi connectivity index (χ0v) is 11.5. The lowest BCUT2D eigenvalue weighted by molar-refractivity contribution is -0.120. The second-order valence-corrected chi connectivity index (χ2v) is 5.22. The van der Waals surface area contributed by atoms with Crippen molar-refractivity contribution in [2.75, 3.05) is 13.1 Å². The van der Waals surface area contributed by atoms with Crippen LogP contribution in [0.15, 0.2) is 18.2 Å². The zero-order valence-electron chi connectivity index (χ0n) is 10.7. The molecule has 1 aromatic carbocycles. The molecule has 2 rings (SSSR count). The fourth-order valence-corrected chi connectivity index (χ4v) is 2.54. The van der Waals surface area contributed by atoms with Crippen LogP contribution >= 0.6 is 11.6 Å². The number of carbonyl (C=O) groups is 1. The van der Waals surface area contributed by atoms with Gasteiger partial charge in [-0.05, 0) is 37.9 Å². The van der Waals surface area contributed by atoms with Crippen molar-refractivity contribution in [3.8, 4) is 0 Å². The maximum atomic E-state index is 13.5. The normalized spacial score (nSPS) is 18.5. The molecule has 2 N–H and O–H groups in total. The Morgan fingerprint density at radius 1 is 1.53 bits per heavy atom. The summed E-state index contributed by atoms with van der Waals surface area (Å²) >= 11 is 5.88. The Balaban J connectivity index is 1.77. The van der Waals surface area contributed by atoms with Gasteiger partial charge in [-0.1, -0.05) is 17.7 Å². The average Bonchev–Trinajstić information content (AvgIpc) is 2.87. The quantitative estimate of drug-likeness (QED) is 0.871. The first kappa shape index (κ1) is 14.3. The van der Waals surface area contributed by atoms with Crippen LogP contribution in [0.1, 0.15) is 24.8 Å². The van der Waals surface area contributed by atoms with E-state index < -0.39 is 5.82 Å². The van der Waals surface area contributed by atoms with Crippen molar-refractivity contribution in [3.05, 3.63) is 34.6 Å². The number of hydrogen-bond donors (Lipinski definition) is 2. The van der Waals surface area contributed by atoms with E-state index in [1.54, 1.807) is 6.07 Å². The van der Waals surface area contributed by atoms with E-state index in [2.05, 4.69) is 10.6 Å². The van der Waals surface area contributed by atoms with E-state index in [0.717, 1.165) is 19.4 Å². The minimum absolute atomic E-state index is 0.0103. The molecule has 1 atom stereocenters. The lowest BCUT2D eigenvalue weighted by atomic mass is 10.1. The van der Waals surface area contributed by atoms with E-state index in [-0.39, 0.29) is 17.9 Å². The molecule has 0 aliphatic carbocycles. The molecule has 0 radical (unpaired) electrons. The monoisotopic (exact) mass is 284 g/mol. The van der Waals surface area contributed by atoms with E-state index in [1.807, 2.05) is 0 Å². The lowest BCUT2D eigenvalue weighted by Crippen LogP contribution is -2.31. The summed E-state index contributed by atoms with van der Waals surface area (Å²) in [5, 5.41) is 6.47. The SMILES string of the molecule is O=C(Cc1c(F)cccc1Cl)NCC[C@H]1CCCN1. The van der Waals surface area contributed by atoms with Gasteiger partial charge in [-0.3, -0.25) is 4.79 Å². The lowest BCUT2D eigenvalue weighted by Gasteiger charge is -2.11. The molecule has 1 saturated heterocycles. The van der Waals surface area contributed by atoms with Crippen molar-refractivity contribution in [2.24, 2.45) is 0 Å². The van der Waals surface area contributed by atoms with Gasteiger partial charge in [0, 0.05) is 23.2 Å². The molecule has 1 aromatic rings. The molecule has 1 fully saturated rings. The Morgan fingerprint density at radius 3 is 3.05 bits per heavy atom. The van der Waals surface area contributed by atoms with Crippen LogP contribution < -0.4 is 10.6 Å². The summed E-state index contributed by atoms with van der Waals surface area (Å²) < 4.78 is 13.5. The zero-order chi connectivity index (χ0) is 13.7. The van der Waals surface area contributed by atoms with Gasteiger partial charge in [0.2, 0.25) is 5.91 Å². The molecular formula is C14H18ClFN2O. The standard InChI is InChI=1S/C14H18ClFN2O/c15-12-4-1-5-13(16)11(12)9-14(19)18-8-6-10-3-2-7-17-10/h1,4-5,10,17H,2-3,6-9H2,(H,18,19)/t10-/m1/s1. The van der Waals surface area contributed by atoms with Crippen molar-refractivity contribution in [1.82, 2.24) is 10.6 Å². The first-order chi connectivity index (χ1) is 9.16. The number of amides is 1. The molecule has 0 saturated carbocycles. The minimum atomic E-state index is -0.430. The summed E-state index contributed by atoms with van der Waals surface area (Å²) in [7, 11) is 0. The van der Waals surface area contributed by atoms with Crippen LogP contribution in [-0.4, -0.2) is 25.0 Å². The summed E-state index contributed by atoms with van der Waals surface area (Å²) in [6, 6.07) is 4.94. The van der Waals surface area contributed by atoms with Gasteiger partial charge in [0.25, 0.3) is 0 Å². The van der Waals surface area contributed by atoms with E-state index in [4.69, 9.17) is 11.6 Å². The van der Waals surface area contributed by atoms with Crippen LogP contribution in [-0.2, 0) is 11.2 Å². The maximum Gasteiger partial charge on any atom is 0.224 e. The number of halogens is 2. The van der Waals surface area contributed by atoms with Crippen LogP contribution in [0.3, 0.4) is 0 Å². The highest BCUT2D eigenvalue weighted by molar-refractivity contribution is 6.31. The van der Waals surface area contributed by atoms with E-state index in [0.29, 0.717) is 17.6 Å². The number of carbonyl (C=O) groups excluding carboxylic acids is 1. The largest absolute Gasteiger partial charge is 0.356 e. The van der Waals surface area contributed by atoms with Crippen LogP contribution in [0.25, 0.3) is 0 Å². The predicted molar refractivity (Wildman–Crippen MR) is 73.8 cm³/mol. The minimum Gasteiger partial charge on any atom is -0.356 e. The van der Waals surface area contributed by atoms with E-state index >= 15 is 0 Å². The molecule has 5 heteroatoms. The molecule has 1 aliphatic heterocycles. The van der Waals surface area contributed by atoms with Crippen molar-refractivity contribution in [1.29, 1.82) is 0 Å². The van der Waals surface area contributed by atoms with E-state index in [9.17, 15) is 9.18 Å². The smallest absolute Gasteiger partial charge is 0.224 e. The molecule has 1 heterocycles. The molecular weight excluding hydrogens is 267 g/mol. The third-order valence-corrected chi connectivity index (χ3v) is 3.73. The highest BCUT2D eigenvalue weighted by Gasteiger charge is 2.15. The number of rotatable bonds is 5. The molecule has 0 bridgehead atoms. The Kier molecular flexibility index (Phi) is 5.16. The number of hydrogen-bond acceptors (Lipinski definition) is 2. The van der Waals surface area contributed by atoms with Crippen LogP contribution in [0.4, 0.5) is 4.39 Å². The average molecular weight is 285 g/mol. The second-order valence-electron chi connectivity index (χ2n) is 4.81. The van der Waals surface area contributed by atoms with Crippen molar-refractivity contribution in [3.63, 3.8) is 0 Å². The number of benzene rings is 1. The molecule has 1 amide bonds. The Bertz CT molecular complexity index is 427. The van der Waals surface area contributed by atoms with Crippen LogP contribution in [0.2, 0.25) is 5.02 Å². The van der Waals surface area contributed by atoms with Crippen LogP contribution in [0.5, 0.6) is 0 Å². The van der Waals surface area contributed by atoms with Gasteiger partial charge in [-0.25, -0.2) is 4.39 Å². The highest BCUT2D eigenvalue weighted by atomic mass is 35.5. The van der Waals surface area contributed by atoms with Crippen molar-refractivity contribution in [2.45, 2.75) is 31.7 Å². The molecule has 0 spiro atoms. The molecule has 0 unspecified atom stereocenters. The molecule has 104 valence electrons. The second kappa shape index (κ2) is 6.87. The van der Waals surface area contributed by atoms with Gasteiger partial charge in [0.1, 0.15) is 5.82 Å². The fourth-order valence-electron chi connectivity index (χ4n) is 2.31. The summed E-state index contributed by atoms with van der Waals surface area (Å²) in [6.07, 6.45) is 3.26. The fraction of sp³-hybridized carbons (Fsp3) is 0.500. The van der Waals surface area contributed by atoms with Crippen LogP contribution in [0, 0.1) is 5.82 Å². The summed E-state index contributed by atoms with van der Waals surface area (Å²) in [4.78, 5) is 11.7. The Hall–Kier alpha value is -1.13. The highest BCUT2D eigenvalue weighted by Crippen LogP contribution is 2.19. The number of nitrogens with one attached hydrogen (secondary N) is 2. The summed E-state index contributed by atoms with van der Waals surface area (Å²) in [6.45, 7) is 1.67. The van der Waals surface area contributed by atoms with Gasteiger partial charge < -0.3 is 10.6 Å². The van der Waals surface area contributed by atoms with Crippen molar-refractivity contribution >= 4 is 17.5 Å². The predicted octanol–water partition coefficient (Wildman–Crippen LogP) is 2.28. The Labute approximate surface area is 117 Å². The van der Waals surface area contributed by atoms with Gasteiger partial charge in [0.05, 0.1) is 6.42 Å². The Morgan fingerprint density at radius 2 is 2.37 bits per heavy atom. The van der Waals surface area contributed by atoms with Gasteiger partial charge >= 0.3 is 0 Å². The molecule has 0 aromatic heterocycles. The van der Waals surface area contributed by atoms with Crippen molar-refractivity contribution < 1.29 is 9.18 Å². The van der Waals surface area contributed by atoms with Gasteiger partial charge in [-0.2, -0.15) is 0 Å². The molecule has 1 aliphatic rings. The third kappa shape index (κ3) is 4.18. The molecule has 19 heavy (non-hydrogen) atoms. The first-order valence-electron chi connectivity index (χ1n) is 6.60. The summed E-state index contributed by atoms with van der Waals surface area (Å²) in [5.74, 6) is -0.620. The first-order valence-corrected chi connectivity index (χ1v) is 6.97.